The Kier molecular flexibility index (Phi) is 4.40. The van der Waals surface area contributed by atoms with Gasteiger partial charge in [0.15, 0.2) is 0 Å². The highest BCUT2D eigenvalue weighted by molar-refractivity contribution is 8.13. The molecule has 1 aliphatic heterocycles. The molecule has 4 nitrogen and oxygen atoms in total. The van der Waals surface area contributed by atoms with Gasteiger partial charge in [-0.15, -0.1) is 0 Å². The van der Waals surface area contributed by atoms with Crippen molar-refractivity contribution in [2.24, 2.45) is 0 Å². The molecule has 1 heterocycles. The second-order valence-corrected chi connectivity index (χ2v) is 8.93. The molecule has 0 amide bonds. The van der Waals surface area contributed by atoms with Gasteiger partial charge in [0.2, 0.25) is 4.20 Å². The highest BCUT2D eigenvalue weighted by Gasteiger charge is 2.52. The zero-order chi connectivity index (χ0) is 16.5. The van der Waals surface area contributed by atoms with E-state index in [0.29, 0.717) is 19.4 Å². The molecule has 1 fully saturated rings. The predicted octanol–water partition coefficient (Wildman–Crippen LogP) is 3.93. The van der Waals surface area contributed by atoms with Gasteiger partial charge in [0.1, 0.15) is 0 Å². The molecule has 1 unspecified atom stereocenters. The van der Waals surface area contributed by atoms with Gasteiger partial charge in [-0.25, -0.2) is 0 Å². The molecule has 6 heteroatoms. The first kappa shape index (κ1) is 16.4. The lowest BCUT2D eigenvalue weighted by atomic mass is 10.2. The van der Waals surface area contributed by atoms with Crippen molar-refractivity contribution in [2.45, 2.75) is 28.9 Å². The molecule has 1 saturated heterocycles. The molecule has 0 aliphatic carbocycles. The molecule has 1 N–H and O–H groups in total. The summed E-state index contributed by atoms with van der Waals surface area (Å²) in [5.41, 5.74) is 1.93. The fourth-order valence-electron chi connectivity index (χ4n) is 2.92. The summed E-state index contributed by atoms with van der Waals surface area (Å²) >= 11 is 1.20. The van der Waals surface area contributed by atoms with Crippen molar-refractivity contribution in [1.29, 1.82) is 0 Å². The van der Waals surface area contributed by atoms with Crippen LogP contribution in [0.5, 0.6) is 0 Å². The second-order valence-electron chi connectivity index (χ2n) is 5.69. The van der Waals surface area contributed by atoms with Gasteiger partial charge in [-0.2, -0.15) is 8.42 Å². The largest absolute Gasteiger partial charge is 0.342 e. The molecule has 0 saturated carbocycles. The van der Waals surface area contributed by atoms with E-state index in [0.717, 1.165) is 16.1 Å². The molecule has 2 aromatic rings. The molecule has 122 valence electrons. The minimum atomic E-state index is -4.28. The number of hydrogen-bond acceptors (Lipinski definition) is 4. The van der Waals surface area contributed by atoms with Crippen LogP contribution in [0.25, 0.3) is 0 Å². The summed E-state index contributed by atoms with van der Waals surface area (Å²) in [5.74, 6) is 0. The standard InChI is InChI=1S/C17H19NO3S2/c1-14-8-10-15(11-9-14)18-13-5-12-17(18,23(19,20)21)22-16-6-3-2-4-7-16/h2-4,6-11H,5,12-13H2,1H3,(H,19,20,21). The molecular formula is C17H19NO3S2. The minimum Gasteiger partial charge on any atom is -0.342 e. The number of thioether (sulfide) groups is 1. The summed E-state index contributed by atoms with van der Waals surface area (Å²) < 4.78 is 33.3. The Morgan fingerprint density at radius 3 is 2.35 bits per heavy atom. The third kappa shape index (κ3) is 3.11. The van der Waals surface area contributed by atoms with Crippen LogP contribution in [0, 0.1) is 6.92 Å². The summed E-state index contributed by atoms with van der Waals surface area (Å²) in [6.45, 7) is 2.59. The van der Waals surface area contributed by atoms with E-state index < -0.39 is 14.3 Å². The van der Waals surface area contributed by atoms with Gasteiger partial charge in [0, 0.05) is 17.1 Å². The zero-order valence-corrected chi connectivity index (χ0v) is 14.5. The molecule has 1 aliphatic rings. The maximum atomic E-state index is 12.3. The third-order valence-electron chi connectivity index (χ3n) is 4.05. The number of hydrogen-bond donors (Lipinski definition) is 1. The molecule has 3 rings (SSSR count). The van der Waals surface area contributed by atoms with Crippen LogP contribution in [0.4, 0.5) is 5.69 Å². The van der Waals surface area contributed by atoms with Crippen LogP contribution in [0.15, 0.2) is 59.5 Å². The summed E-state index contributed by atoms with van der Waals surface area (Å²) in [5, 5.41) is 0. The first-order valence-electron chi connectivity index (χ1n) is 7.48. The van der Waals surface area contributed by atoms with Gasteiger partial charge in [-0.05, 0) is 44.0 Å². The lowest BCUT2D eigenvalue weighted by Crippen LogP contribution is -2.47. The van der Waals surface area contributed by atoms with Crippen molar-refractivity contribution >= 4 is 27.6 Å². The average Bonchev–Trinajstić information content (AvgIpc) is 2.94. The van der Waals surface area contributed by atoms with Crippen LogP contribution in [-0.2, 0) is 10.1 Å². The topological polar surface area (TPSA) is 57.6 Å². The first-order valence-corrected chi connectivity index (χ1v) is 9.73. The second kappa shape index (κ2) is 6.19. The van der Waals surface area contributed by atoms with Crippen LogP contribution < -0.4 is 4.90 Å². The van der Waals surface area contributed by atoms with Crippen LogP contribution in [0.3, 0.4) is 0 Å². The summed E-state index contributed by atoms with van der Waals surface area (Å²) in [4.78, 5) is 2.63. The SMILES string of the molecule is Cc1ccc(N2CCCC2(Sc2ccccc2)S(=O)(=O)O)cc1. The minimum absolute atomic E-state index is 0.388. The quantitative estimate of drug-likeness (QED) is 0.848. The fourth-order valence-corrected chi connectivity index (χ4v) is 5.72. The molecule has 0 bridgehead atoms. The van der Waals surface area contributed by atoms with E-state index in [9.17, 15) is 13.0 Å². The van der Waals surface area contributed by atoms with E-state index in [1.165, 1.54) is 11.8 Å². The van der Waals surface area contributed by atoms with Gasteiger partial charge in [0.25, 0.3) is 10.1 Å². The van der Waals surface area contributed by atoms with Crippen molar-refractivity contribution in [2.75, 3.05) is 11.4 Å². The van der Waals surface area contributed by atoms with Crippen LogP contribution >= 0.6 is 11.8 Å². The van der Waals surface area contributed by atoms with E-state index in [-0.39, 0.29) is 0 Å². The van der Waals surface area contributed by atoms with E-state index >= 15 is 0 Å². The van der Waals surface area contributed by atoms with Crippen LogP contribution in [0.2, 0.25) is 0 Å². The van der Waals surface area contributed by atoms with Gasteiger partial charge in [0.05, 0.1) is 0 Å². The van der Waals surface area contributed by atoms with Crippen molar-refractivity contribution in [1.82, 2.24) is 0 Å². The number of rotatable bonds is 4. The van der Waals surface area contributed by atoms with Gasteiger partial charge >= 0.3 is 0 Å². The molecular weight excluding hydrogens is 330 g/mol. The van der Waals surface area contributed by atoms with Crippen molar-refractivity contribution in [3.63, 3.8) is 0 Å². The van der Waals surface area contributed by atoms with Gasteiger partial charge in [-0.3, -0.25) is 4.55 Å². The normalized spacial score (nSPS) is 21.6. The number of benzene rings is 2. The fraction of sp³-hybridized carbons (Fsp3) is 0.294. The Bertz CT molecular complexity index is 775. The molecule has 23 heavy (non-hydrogen) atoms. The smallest absolute Gasteiger partial charge is 0.299 e. The van der Waals surface area contributed by atoms with E-state index in [4.69, 9.17) is 0 Å². The highest BCUT2D eigenvalue weighted by Crippen LogP contribution is 2.48. The lowest BCUT2D eigenvalue weighted by Gasteiger charge is -2.36. The molecule has 0 radical (unpaired) electrons. The number of aryl methyl sites for hydroxylation is 1. The van der Waals surface area contributed by atoms with E-state index in [2.05, 4.69) is 0 Å². The monoisotopic (exact) mass is 349 g/mol. The molecule has 0 aromatic heterocycles. The average molecular weight is 349 g/mol. The van der Waals surface area contributed by atoms with Crippen LogP contribution in [-0.4, -0.2) is 23.7 Å². The highest BCUT2D eigenvalue weighted by atomic mass is 32.3. The van der Waals surface area contributed by atoms with Crippen LogP contribution in [0.1, 0.15) is 18.4 Å². The Hall–Kier alpha value is -1.50. The maximum Gasteiger partial charge on any atom is 0.299 e. The Labute approximate surface area is 141 Å². The van der Waals surface area contributed by atoms with Crippen molar-refractivity contribution in [3.05, 3.63) is 60.2 Å². The van der Waals surface area contributed by atoms with E-state index in [1.807, 2.05) is 61.5 Å². The Morgan fingerprint density at radius 1 is 1.09 bits per heavy atom. The zero-order valence-electron chi connectivity index (χ0n) is 12.8. The summed E-state index contributed by atoms with van der Waals surface area (Å²) in [6.07, 6.45) is 1.10. The lowest BCUT2D eigenvalue weighted by molar-refractivity contribution is 0.460. The molecule has 0 spiro atoms. The Morgan fingerprint density at radius 2 is 1.74 bits per heavy atom. The predicted molar refractivity (Wildman–Crippen MR) is 94.3 cm³/mol. The van der Waals surface area contributed by atoms with Gasteiger partial charge in [-0.1, -0.05) is 47.7 Å². The summed E-state index contributed by atoms with van der Waals surface area (Å²) in [6, 6.07) is 17.1. The first-order chi connectivity index (χ1) is 10.9. The number of nitrogens with zero attached hydrogens (tertiary/aromatic N) is 1. The van der Waals surface area contributed by atoms with Crippen molar-refractivity contribution in [3.8, 4) is 0 Å². The third-order valence-corrected chi connectivity index (χ3v) is 7.42. The molecule has 1 atom stereocenters. The maximum absolute atomic E-state index is 12.3. The van der Waals surface area contributed by atoms with E-state index in [1.54, 1.807) is 4.90 Å². The van der Waals surface area contributed by atoms with Crippen molar-refractivity contribution < 1.29 is 13.0 Å². The number of anilines is 1. The summed E-state index contributed by atoms with van der Waals surface area (Å²) in [7, 11) is -4.28. The molecule has 2 aromatic carbocycles. The Balaban J connectivity index is 2.05. The van der Waals surface area contributed by atoms with Gasteiger partial charge < -0.3 is 4.90 Å².